The SMILES string of the molecule is CCC(C)CCCCCCCCC(=O)OC(CC(=O)[O-])C[N+](C)(C)C. The molecule has 0 aromatic carbocycles. The van der Waals surface area contributed by atoms with Crippen molar-refractivity contribution in [1.82, 2.24) is 0 Å². The van der Waals surface area contributed by atoms with Crippen molar-refractivity contribution in [3.63, 3.8) is 0 Å². The summed E-state index contributed by atoms with van der Waals surface area (Å²) in [7, 11) is 5.83. The third-order valence-corrected chi connectivity index (χ3v) is 4.47. The van der Waals surface area contributed by atoms with Crippen LogP contribution in [0.4, 0.5) is 0 Å². The lowest BCUT2D eigenvalue weighted by Crippen LogP contribution is -2.45. The van der Waals surface area contributed by atoms with Crippen molar-refractivity contribution in [1.29, 1.82) is 0 Å². The summed E-state index contributed by atoms with van der Waals surface area (Å²) in [5.41, 5.74) is 0. The number of hydrogen-bond donors (Lipinski definition) is 0. The summed E-state index contributed by atoms with van der Waals surface area (Å²) >= 11 is 0. The van der Waals surface area contributed by atoms with Crippen molar-refractivity contribution in [2.45, 2.75) is 84.2 Å². The highest BCUT2D eigenvalue weighted by molar-refractivity contribution is 5.70. The molecule has 0 N–H and O–H groups in total. The smallest absolute Gasteiger partial charge is 0.306 e. The molecule has 0 saturated heterocycles. The summed E-state index contributed by atoms with van der Waals surface area (Å²) in [6.07, 6.45) is 8.87. The average molecular weight is 358 g/mol. The maximum atomic E-state index is 11.9. The molecule has 0 radical (unpaired) electrons. The van der Waals surface area contributed by atoms with Crippen LogP contribution < -0.4 is 5.11 Å². The Morgan fingerprint density at radius 3 is 2.08 bits per heavy atom. The van der Waals surface area contributed by atoms with E-state index in [2.05, 4.69) is 13.8 Å². The number of ether oxygens (including phenoxy) is 1. The Morgan fingerprint density at radius 1 is 1.00 bits per heavy atom. The molecule has 0 amide bonds. The van der Waals surface area contributed by atoms with Crippen LogP contribution in [-0.4, -0.2) is 50.2 Å². The minimum Gasteiger partial charge on any atom is -0.550 e. The van der Waals surface area contributed by atoms with Crippen LogP contribution in [-0.2, 0) is 14.3 Å². The number of quaternary nitrogens is 1. The van der Waals surface area contributed by atoms with Crippen molar-refractivity contribution < 1.29 is 23.9 Å². The Hall–Kier alpha value is -1.10. The van der Waals surface area contributed by atoms with E-state index in [1.54, 1.807) is 0 Å². The predicted molar refractivity (Wildman–Crippen MR) is 98.8 cm³/mol. The number of carboxylic acids is 1. The largest absolute Gasteiger partial charge is 0.550 e. The van der Waals surface area contributed by atoms with Gasteiger partial charge in [-0.05, 0) is 12.3 Å². The standard InChI is InChI=1S/C20H39NO4/c1-6-17(2)13-11-9-7-8-10-12-14-20(24)25-18(15-19(22)23)16-21(3,4)5/h17-18H,6-16H2,1-5H3. The minimum atomic E-state index is -1.18. The average Bonchev–Trinajstić information content (AvgIpc) is 2.47. The van der Waals surface area contributed by atoms with E-state index in [9.17, 15) is 14.7 Å². The van der Waals surface area contributed by atoms with E-state index in [-0.39, 0.29) is 12.4 Å². The molecule has 0 fully saturated rings. The molecular weight excluding hydrogens is 318 g/mol. The fraction of sp³-hybridized carbons (Fsp3) is 0.900. The van der Waals surface area contributed by atoms with Crippen molar-refractivity contribution in [2.75, 3.05) is 27.7 Å². The van der Waals surface area contributed by atoms with Crippen molar-refractivity contribution in [3.05, 3.63) is 0 Å². The molecule has 2 unspecified atom stereocenters. The van der Waals surface area contributed by atoms with Gasteiger partial charge in [-0.3, -0.25) is 4.79 Å². The third-order valence-electron chi connectivity index (χ3n) is 4.47. The molecule has 25 heavy (non-hydrogen) atoms. The highest BCUT2D eigenvalue weighted by Crippen LogP contribution is 2.15. The lowest BCUT2D eigenvalue weighted by Gasteiger charge is -2.29. The second-order valence-corrected chi connectivity index (χ2v) is 8.33. The number of nitrogens with zero attached hydrogens (tertiary/aromatic N) is 1. The number of rotatable bonds is 15. The zero-order chi connectivity index (χ0) is 19.3. The minimum absolute atomic E-state index is 0.239. The molecule has 0 aromatic heterocycles. The van der Waals surface area contributed by atoms with Crippen LogP contribution in [0.15, 0.2) is 0 Å². The molecule has 0 aliphatic rings. The number of carboxylic acid groups (broad SMARTS) is 1. The predicted octanol–water partition coefficient (Wildman–Crippen LogP) is 2.91. The lowest BCUT2D eigenvalue weighted by atomic mass is 10.00. The van der Waals surface area contributed by atoms with Gasteiger partial charge in [-0.15, -0.1) is 0 Å². The van der Waals surface area contributed by atoms with Gasteiger partial charge in [-0.25, -0.2) is 0 Å². The topological polar surface area (TPSA) is 66.4 Å². The molecule has 0 rings (SSSR count). The van der Waals surface area contributed by atoms with Gasteiger partial charge in [-0.1, -0.05) is 58.8 Å². The van der Waals surface area contributed by atoms with E-state index >= 15 is 0 Å². The molecule has 0 aliphatic carbocycles. The number of hydrogen-bond acceptors (Lipinski definition) is 4. The van der Waals surface area contributed by atoms with Gasteiger partial charge in [0.1, 0.15) is 6.54 Å². The second-order valence-electron chi connectivity index (χ2n) is 8.33. The fourth-order valence-corrected chi connectivity index (χ4v) is 2.86. The van der Waals surface area contributed by atoms with E-state index in [0.717, 1.165) is 25.2 Å². The Balaban J connectivity index is 3.83. The van der Waals surface area contributed by atoms with Crippen LogP contribution in [0, 0.1) is 5.92 Å². The second kappa shape index (κ2) is 13.2. The maximum absolute atomic E-state index is 11.9. The van der Waals surface area contributed by atoms with Gasteiger partial charge in [-0.2, -0.15) is 0 Å². The molecule has 148 valence electrons. The van der Waals surface area contributed by atoms with Crippen LogP contribution in [0.2, 0.25) is 0 Å². The van der Waals surface area contributed by atoms with E-state index in [1.807, 2.05) is 21.1 Å². The number of carbonyl (C=O) groups is 2. The summed E-state index contributed by atoms with van der Waals surface area (Å²) in [5, 5.41) is 10.8. The molecule has 0 spiro atoms. The molecule has 0 bridgehead atoms. The van der Waals surface area contributed by atoms with Gasteiger partial charge in [0.15, 0.2) is 6.10 Å². The van der Waals surface area contributed by atoms with Crippen molar-refractivity contribution in [3.8, 4) is 0 Å². The van der Waals surface area contributed by atoms with Crippen LogP contribution in [0.3, 0.4) is 0 Å². The van der Waals surface area contributed by atoms with E-state index < -0.39 is 12.1 Å². The summed E-state index contributed by atoms with van der Waals surface area (Å²) in [6, 6.07) is 0. The Bertz CT molecular complexity index is 376. The summed E-state index contributed by atoms with van der Waals surface area (Å²) in [5.74, 6) is -0.643. The molecule has 0 aromatic rings. The first-order valence-corrected chi connectivity index (χ1v) is 9.83. The maximum Gasteiger partial charge on any atom is 0.306 e. The van der Waals surface area contributed by atoms with Crippen molar-refractivity contribution >= 4 is 11.9 Å². The number of carbonyl (C=O) groups excluding carboxylic acids is 2. The first kappa shape index (κ1) is 23.9. The fourth-order valence-electron chi connectivity index (χ4n) is 2.86. The quantitative estimate of drug-likeness (QED) is 0.257. The molecule has 5 nitrogen and oxygen atoms in total. The first-order chi connectivity index (χ1) is 11.6. The number of esters is 1. The molecule has 5 heteroatoms. The Morgan fingerprint density at radius 2 is 1.56 bits per heavy atom. The number of aliphatic carboxylic acids is 1. The summed E-state index contributed by atoms with van der Waals surface area (Å²) < 4.78 is 5.89. The molecule has 0 aliphatic heterocycles. The zero-order valence-corrected chi connectivity index (χ0v) is 17.0. The van der Waals surface area contributed by atoms with Gasteiger partial charge >= 0.3 is 5.97 Å². The van der Waals surface area contributed by atoms with Crippen LogP contribution in [0.5, 0.6) is 0 Å². The van der Waals surface area contributed by atoms with Crippen LogP contribution >= 0.6 is 0 Å². The first-order valence-electron chi connectivity index (χ1n) is 9.83. The van der Waals surface area contributed by atoms with Gasteiger partial charge in [0.25, 0.3) is 0 Å². The number of unbranched alkanes of at least 4 members (excludes halogenated alkanes) is 5. The highest BCUT2D eigenvalue weighted by Gasteiger charge is 2.22. The van der Waals surface area contributed by atoms with Gasteiger partial charge < -0.3 is 19.1 Å². The van der Waals surface area contributed by atoms with Gasteiger partial charge in [0.05, 0.1) is 21.1 Å². The summed E-state index contributed by atoms with van der Waals surface area (Å²) in [4.78, 5) is 22.7. The van der Waals surface area contributed by atoms with E-state index in [4.69, 9.17) is 4.74 Å². The number of likely N-dealkylation sites (N-methyl/N-ethyl adjacent to an activating group) is 1. The summed E-state index contributed by atoms with van der Waals surface area (Å²) in [6.45, 7) is 5.01. The molecule has 0 saturated carbocycles. The normalized spacial score (nSPS) is 14.1. The lowest BCUT2D eigenvalue weighted by molar-refractivity contribution is -0.873. The third kappa shape index (κ3) is 16.1. The highest BCUT2D eigenvalue weighted by atomic mass is 16.5. The van der Waals surface area contributed by atoms with Crippen LogP contribution in [0.1, 0.15) is 78.1 Å². The van der Waals surface area contributed by atoms with Crippen LogP contribution in [0.25, 0.3) is 0 Å². The monoisotopic (exact) mass is 357 g/mol. The van der Waals surface area contributed by atoms with E-state index in [1.165, 1.54) is 32.1 Å². The molecule has 2 atom stereocenters. The molecular formula is C20H39NO4. The van der Waals surface area contributed by atoms with E-state index in [0.29, 0.717) is 17.4 Å². The van der Waals surface area contributed by atoms with Crippen molar-refractivity contribution in [2.24, 2.45) is 5.92 Å². The molecule has 0 heterocycles. The zero-order valence-electron chi connectivity index (χ0n) is 17.0. The Kier molecular flexibility index (Phi) is 12.6. The van der Waals surface area contributed by atoms with Gasteiger partial charge in [0, 0.05) is 18.8 Å². The van der Waals surface area contributed by atoms with Gasteiger partial charge in [0.2, 0.25) is 0 Å². The Labute approximate surface area is 154 Å².